The van der Waals surface area contributed by atoms with Crippen LogP contribution in [0.4, 0.5) is 0 Å². The van der Waals surface area contributed by atoms with Gasteiger partial charge in [-0.3, -0.25) is 9.59 Å². The zero-order valence-corrected chi connectivity index (χ0v) is 10.9. The number of carboxylic acid groups (broad SMARTS) is 1. The van der Waals surface area contributed by atoms with Gasteiger partial charge in [-0.2, -0.15) is 0 Å². The van der Waals surface area contributed by atoms with Crippen LogP contribution in [0.15, 0.2) is 0 Å². The van der Waals surface area contributed by atoms with Crippen LogP contribution >= 0.6 is 0 Å². The largest absolute Gasteiger partial charge is 0.480 e. The monoisotopic (exact) mass is 259 g/mol. The van der Waals surface area contributed by atoms with E-state index in [1.807, 2.05) is 20.8 Å². The molecule has 5 N–H and O–H groups in total. The van der Waals surface area contributed by atoms with Gasteiger partial charge in [-0.1, -0.05) is 0 Å². The molecule has 0 unspecified atom stereocenters. The molecule has 0 aromatic carbocycles. The Kier molecular flexibility index (Phi) is 6.32. The van der Waals surface area contributed by atoms with E-state index in [-0.39, 0.29) is 12.0 Å². The highest BCUT2D eigenvalue weighted by molar-refractivity contribution is 5.88. The predicted octanol–water partition coefficient (Wildman–Crippen LogP) is -0.791. The zero-order valence-electron chi connectivity index (χ0n) is 10.9. The topological polar surface area (TPSA) is 122 Å². The van der Waals surface area contributed by atoms with Crippen LogP contribution in [0.5, 0.6) is 0 Å². The maximum Gasteiger partial charge on any atom is 0.326 e. The number of amides is 2. The van der Waals surface area contributed by atoms with E-state index in [1.165, 1.54) is 0 Å². The van der Waals surface area contributed by atoms with Crippen LogP contribution in [0, 0.1) is 0 Å². The fraction of sp³-hybridized carbons (Fsp3) is 0.727. The molecule has 0 aliphatic carbocycles. The fourth-order valence-electron chi connectivity index (χ4n) is 1.22. The number of carboxylic acids is 1. The van der Waals surface area contributed by atoms with Crippen LogP contribution in [-0.4, -0.2) is 41.0 Å². The van der Waals surface area contributed by atoms with Gasteiger partial charge in [-0.25, -0.2) is 4.79 Å². The molecule has 0 aliphatic rings. The van der Waals surface area contributed by atoms with E-state index in [0.29, 0.717) is 6.54 Å². The van der Waals surface area contributed by atoms with Gasteiger partial charge in [0.25, 0.3) is 0 Å². The second-order valence-corrected chi connectivity index (χ2v) is 5.06. The summed E-state index contributed by atoms with van der Waals surface area (Å²) >= 11 is 0. The van der Waals surface area contributed by atoms with Crippen LogP contribution in [0.2, 0.25) is 0 Å². The number of rotatable bonds is 7. The Bertz CT molecular complexity index is 323. The average molecular weight is 259 g/mol. The molecule has 0 saturated heterocycles. The molecule has 0 saturated carbocycles. The molecule has 104 valence electrons. The molecule has 0 aliphatic heterocycles. The van der Waals surface area contributed by atoms with Crippen LogP contribution in [0.3, 0.4) is 0 Å². The van der Waals surface area contributed by atoms with E-state index < -0.39 is 30.2 Å². The number of nitrogens with one attached hydrogen (secondary N) is 2. The number of carbonyl (C=O) groups excluding carboxylic acids is 2. The van der Waals surface area contributed by atoms with Crippen LogP contribution in [-0.2, 0) is 14.4 Å². The summed E-state index contributed by atoms with van der Waals surface area (Å²) in [6, 6.07) is -1.26. The maximum atomic E-state index is 11.5. The van der Waals surface area contributed by atoms with E-state index in [1.54, 1.807) is 0 Å². The van der Waals surface area contributed by atoms with Gasteiger partial charge in [0, 0.05) is 18.5 Å². The highest BCUT2D eigenvalue weighted by atomic mass is 16.4. The SMILES string of the molecule is CC(C)(C)NCCC(=O)N[C@H](CC(N)=O)C(=O)O. The Morgan fingerprint density at radius 2 is 1.83 bits per heavy atom. The zero-order chi connectivity index (χ0) is 14.3. The van der Waals surface area contributed by atoms with Gasteiger partial charge in [0.1, 0.15) is 6.04 Å². The minimum atomic E-state index is -1.27. The lowest BCUT2D eigenvalue weighted by Crippen LogP contribution is -2.45. The highest BCUT2D eigenvalue weighted by Crippen LogP contribution is 1.98. The van der Waals surface area contributed by atoms with Gasteiger partial charge in [0.2, 0.25) is 11.8 Å². The smallest absolute Gasteiger partial charge is 0.326 e. The van der Waals surface area contributed by atoms with Crippen molar-refractivity contribution in [1.82, 2.24) is 10.6 Å². The molecule has 0 rings (SSSR count). The summed E-state index contributed by atoms with van der Waals surface area (Å²) in [5.74, 6) is -2.47. The van der Waals surface area contributed by atoms with Crippen molar-refractivity contribution in [3.63, 3.8) is 0 Å². The molecule has 0 radical (unpaired) electrons. The molecule has 0 fully saturated rings. The molecule has 0 bridgehead atoms. The Hall–Kier alpha value is -1.63. The van der Waals surface area contributed by atoms with Crippen molar-refractivity contribution >= 4 is 17.8 Å². The standard InChI is InChI=1S/C11H21N3O4/c1-11(2,3)13-5-4-9(16)14-7(10(17)18)6-8(12)15/h7,13H,4-6H2,1-3H3,(H2,12,15)(H,14,16)(H,17,18)/t7-/m1/s1. The summed E-state index contributed by atoms with van der Waals surface area (Å²) in [4.78, 5) is 32.9. The third-order valence-corrected chi connectivity index (χ3v) is 2.05. The minimum absolute atomic E-state index is 0.111. The average Bonchev–Trinajstić information content (AvgIpc) is 2.13. The molecular formula is C11H21N3O4. The summed E-state index contributed by atoms with van der Waals surface area (Å²) in [5.41, 5.74) is 4.79. The third-order valence-electron chi connectivity index (χ3n) is 2.05. The quantitative estimate of drug-likeness (QED) is 0.477. The highest BCUT2D eigenvalue weighted by Gasteiger charge is 2.22. The van der Waals surface area contributed by atoms with Crippen molar-refractivity contribution in [2.75, 3.05) is 6.54 Å². The minimum Gasteiger partial charge on any atom is -0.480 e. The Labute approximate surface area is 106 Å². The van der Waals surface area contributed by atoms with Crippen molar-refractivity contribution in [3.8, 4) is 0 Å². The van der Waals surface area contributed by atoms with Crippen LogP contribution in [0.1, 0.15) is 33.6 Å². The summed E-state index contributed by atoms with van der Waals surface area (Å²) in [5, 5.41) is 14.1. The molecule has 0 aromatic rings. The lowest BCUT2D eigenvalue weighted by atomic mass is 10.1. The first-order valence-corrected chi connectivity index (χ1v) is 5.67. The number of carbonyl (C=O) groups is 3. The number of primary amides is 1. The number of hydrogen-bond donors (Lipinski definition) is 4. The van der Waals surface area contributed by atoms with Gasteiger partial charge < -0.3 is 21.5 Å². The molecule has 2 amide bonds. The number of aliphatic carboxylic acids is 1. The second-order valence-electron chi connectivity index (χ2n) is 5.06. The van der Waals surface area contributed by atoms with Crippen molar-refractivity contribution < 1.29 is 19.5 Å². The Balaban J connectivity index is 4.11. The van der Waals surface area contributed by atoms with E-state index in [9.17, 15) is 14.4 Å². The fourth-order valence-corrected chi connectivity index (χ4v) is 1.22. The van der Waals surface area contributed by atoms with Gasteiger partial charge >= 0.3 is 5.97 Å². The summed E-state index contributed by atoms with van der Waals surface area (Å²) < 4.78 is 0. The first-order valence-electron chi connectivity index (χ1n) is 5.67. The molecule has 0 spiro atoms. The molecule has 18 heavy (non-hydrogen) atoms. The first kappa shape index (κ1) is 16.4. The Morgan fingerprint density at radius 3 is 2.22 bits per heavy atom. The van der Waals surface area contributed by atoms with E-state index >= 15 is 0 Å². The predicted molar refractivity (Wildman–Crippen MR) is 65.8 cm³/mol. The molecule has 7 nitrogen and oxygen atoms in total. The van der Waals surface area contributed by atoms with Crippen molar-refractivity contribution in [3.05, 3.63) is 0 Å². The first-order chi connectivity index (χ1) is 8.11. The van der Waals surface area contributed by atoms with Gasteiger partial charge in [0.05, 0.1) is 6.42 Å². The molecule has 1 atom stereocenters. The Morgan fingerprint density at radius 1 is 1.28 bits per heavy atom. The van der Waals surface area contributed by atoms with Gasteiger partial charge in [-0.05, 0) is 20.8 Å². The van der Waals surface area contributed by atoms with E-state index in [2.05, 4.69) is 10.6 Å². The van der Waals surface area contributed by atoms with Crippen molar-refractivity contribution in [2.45, 2.75) is 45.2 Å². The van der Waals surface area contributed by atoms with Crippen molar-refractivity contribution in [1.29, 1.82) is 0 Å². The summed E-state index contributed by atoms with van der Waals surface area (Å²) in [7, 11) is 0. The molecular weight excluding hydrogens is 238 g/mol. The second kappa shape index (κ2) is 6.95. The summed E-state index contributed by atoms with van der Waals surface area (Å²) in [6.45, 7) is 6.30. The van der Waals surface area contributed by atoms with Crippen LogP contribution in [0.25, 0.3) is 0 Å². The summed E-state index contributed by atoms with van der Waals surface area (Å²) in [6.07, 6.45) is -0.270. The van der Waals surface area contributed by atoms with Gasteiger partial charge in [-0.15, -0.1) is 0 Å². The van der Waals surface area contributed by atoms with E-state index in [4.69, 9.17) is 10.8 Å². The number of hydrogen-bond acceptors (Lipinski definition) is 4. The lowest BCUT2D eigenvalue weighted by molar-refractivity contribution is -0.143. The normalized spacial score (nSPS) is 12.8. The number of nitrogens with two attached hydrogens (primary N) is 1. The maximum absolute atomic E-state index is 11.5. The van der Waals surface area contributed by atoms with E-state index in [0.717, 1.165) is 0 Å². The third kappa shape index (κ3) is 8.51. The van der Waals surface area contributed by atoms with Gasteiger partial charge in [0.15, 0.2) is 0 Å². The molecule has 0 aromatic heterocycles. The van der Waals surface area contributed by atoms with Crippen LogP contribution < -0.4 is 16.4 Å². The molecule has 7 heteroatoms. The lowest BCUT2D eigenvalue weighted by Gasteiger charge is -2.20. The van der Waals surface area contributed by atoms with Crippen molar-refractivity contribution in [2.24, 2.45) is 5.73 Å². The molecule has 0 heterocycles.